The molecule has 0 saturated carbocycles. The monoisotopic (exact) mass is 353 g/mol. The van der Waals surface area contributed by atoms with Gasteiger partial charge in [0, 0.05) is 12.7 Å². The molecule has 128 valence electrons. The van der Waals surface area contributed by atoms with Crippen LogP contribution in [-0.4, -0.2) is 21.2 Å². The van der Waals surface area contributed by atoms with Crippen molar-refractivity contribution in [2.45, 2.75) is 19.0 Å². The van der Waals surface area contributed by atoms with Crippen LogP contribution in [0.2, 0.25) is 0 Å². The summed E-state index contributed by atoms with van der Waals surface area (Å²) < 4.78 is 1.48. The third-order valence-corrected chi connectivity index (χ3v) is 4.81. The fourth-order valence-corrected chi connectivity index (χ4v) is 3.47. The number of hydrogen-bond acceptors (Lipinski definition) is 4. The minimum Gasteiger partial charge on any atom is -0.325 e. The van der Waals surface area contributed by atoms with Crippen molar-refractivity contribution in [2.24, 2.45) is 7.05 Å². The number of thioether (sulfide) groups is 1. The van der Waals surface area contributed by atoms with Gasteiger partial charge in [-0.25, -0.2) is 4.98 Å². The quantitative estimate of drug-likeness (QED) is 0.577. The van der Waals surface area contributed by atoms with Crippen LogP contribution in [0.25, 0.3) is 10.9 Å². The first-order valence-corrected chi connectivity index (χ1v) is 8.89. The standard InChI is InChI=1S/C19H19N3O2S/c1-12-8-13(2)10-14(9-12)20-17(23)11-25-19-21-16-7-5-4-6-15(16)18(24)22(19)3/h4-10H,11H2,1-3H3,(H,20,23). The molecule has 1 N–H and O–H groups in total. The number of nitrogens with zero attached hydrogens (tertiary/aromatic N) is 2. The zero-order chi connectivity index (χ0) is 18.0. The van der Waals surface area contributed by atoms with Crippen LogP contribution in [0.15, 0.2) is 52.4 Å². The maximum atomic E-state index is 12.4. The Kier molecular flexibility index (Phi) is 4.90. The molecule has 25 heavy (non-hydrogen) atoms. The lowest BCUT2D eigenvalue weighted by Gasteiger charge is -2.10. The van der Waals surface area contributed by atoms with E-state index in [1.807, 2.05) is 38.1 Å². The summed E-state index contributed by atoms with van der Waals surface area (Å²) in [6.45, 7) is 3.98. The molecule has 0 aliphatic rings. The first kappa shape index (κ1) is 17.2. The van der Waals surface area contributed by atoms with Gasteiger partial charge < -0.3 is 5.32 Å². The Hall–Kier alpha value is -2.60. The number of para-hydroxylation sites is 1. The highest BCUT2D eigenvalue weighted by Gasteiger charge is 2.11. The smallest absolute Gasteiger partial charge is 0.261 e. The Balaban J connectivity index is 1.75. The summed E-state index contributed by atoms with van der Waals surface area (Å²) in [5.41, 5.74) is 3.51. The number of nitrogens with one attached hydrogen (secondary N) is 1. The number of hydrogen-bond donors (Lipinski definition) is 1. The number of aryl methyl sites for hydroxylation is 2. The molecule has 0 spiro atoms. The number of benzene rings is 2. The minimum absolute atomic E-state index is 0.109. The van der Waals surface area contributed by atoms with Crippen LogP contribution in [0.3, 0.4) is 0 Å². The number of aromatic nitrogens is 2. The molecule has 0 atom stereocenters. The SMILES string of the molecule is Cc1cc(C)cc(NC(=O)CSc2nc3ccccc3c(=O)n2C)c1. The number of carbonyl (C=O) groups excluding carboxylic acids is 1. The lowest BCUT2D eigenvalue weighted by molar-refractivity contribution is -0.113. The molecular formula is C19H19N3O2S. The third kappa shape index (κ3) is 3.91. The molecule has 0 aliphatic heterocycles. The average molecular weight is 353 g/mol. The van der Waals surface area contributed by atoms with E-state index in [0.717, 1.165) is 16.8 Å². The van der Waals surface area contributed by atoms with E-state index in [2.05, 4.69) is 16.4 Å². The van der Waals surface area contributed by atoms with Gasteiger partial charge in [-0.1, -0.05) is 30.0 Å². The van der Waals surface area contributed by atoms with Crippen molar-refractivity contribution in [3.63, 3.8) is 0 Å². The van der Waals surface area contributed by atoms with Gasteiger partial charge in [0.2, 0.25) is 5.91 Å². The number of carbonyl (C=O) groups is 1. The fourth-order valence-electron chi connectivity index (χ4n) is 2.70. The van der Waals surface area contributed by atoms with Gasteiger partial charge in [0.05, 0.1) is 16.7 Å². The number of anilines is 1. The van der Waals surface area contributed by atoms with E-state index in [-0.39, 0.29) is 17.2 Å². The highest BCUT2D eigenvalue weighted by molar-refractivity contribution is 7.99. The molecule has 6 heteroatoms. The van der Waals surface area contributed by atoms with E-state index in [1.54, 1.807) is 19.2 Å². The van der Waals surface area contributed by atoms with Crippen molar-refractivity contribution in [3.05, 3.63) is 63.9 Å². The van der Waals surface area contributed by atoms with Crippen molar-refractivity contribution in [1.29, 1.82) is 0 Å². The zero-order valence-electron chi connectivity index (χ0n) is 14.4. The summed E-state index contributed by atoms with van der Waals surface area (Å²) in [5.74, 6) is 0.0587. The van der Waals surface area contributed by atoms with Crippen molar-refractivity contribution >= 4 is 34.3 Å². The summed E-state index contributed by atoms with van der Waals surface area (Å²) in [6, 6.07) is 13.1. The molecule has 2 aromatic carbocycles. The summed E-state index contributed by atoms with van der Waals surface area (Å²) in [6.07, 6.45) is 0. The molecule has 0 bridgehead atoms. The summed E-state index contributed by atoms with van der Waals surface area (Å²) >= 11 is 1.25. The average Bonchev–Trinajstić information content (AvgIpc) is 2.56. The lowest BCUT2D eigenvalue weighted by Crippen LogP contribution is -2.21. The van der Waals surface area contributed by atoms with Crippen LogP contribution < -0.4 is 10.9 Å². The zero-order valence-corrected chi connectivity index (χ0v) is 15.2. The van der Waals surface area contributed by atoms with Crippen molar-refractivity contribution < 1.29 is 4.79 Å². The van der Waals surface area contributed by atoms with Crippen LogP contribution in [-0.2, 0) is 11.8 Å². The van der Waals surface area contributed by atoms with E-state index in [0.29, 0.717) is 16.1 Å². The Labute approximate surface area is 150 Å². The third-order valence-electron chi connectivity index (χ3n) is 3.78. The molecule has 1 aromatic heterocycles. The van der Waals surface area contributed by atoms with Crippen molar-refractivity contribution in [3.8, 4) is 0 Å². The van der Waals surface area contributed by atoms with E-state index >= 15 is 0 Å². The highest BCUT2D eigenvalue weighted by Crippen LogP contribution is 2.18. The summed E-state index contributed by atoms with van der Waals surface area (Å²) in [7, 11) is 1.67. The maximum Gasteiger partial charge on any atom is 0.261 e. The maximum absolute atomic E-state index is 12.4. The fraction of sp³-hybridized carbons (Fsp3) is 0.211. The molecule has 1 amide bonds. The molecule has 0 aliphatic carbocycles. The highest BCUT2D eigenvalue weighted by atomic mass is 32.2. The van der Waals surface area contributed by atoms with E-state index in [9.17, 15) is 9.59 Å². The van der Waals surface area contributed by atoms with Crippen LogP contribution in [0.4, 0.5) is 5.69 Å². The van der Waals surface area contributed by atoms with Gasteiger partial charge in [-0.15, -0.1) is 0 Å². The van der Waals surface area contributed by atoms with Gasteiger partial charge in [-0.05, 0) is 49.2 Å². The van der Waals surface area contributed by atoms with E-state index in [4.69, 9.17) is 0 Å². The Morgan fingerprint density at radius 2 is 1.84 bits per heavy atom. The first-order valence-electron chi connectivity index (χ1n) is 7.91. The molecule has 1 heterocycles. The van der Waals surface area contributed by atoms with Gasteiger partial charge in [-0.2, -0.15) is 0 Å². The van der Waals surface area contributed by atoms with E-state index in [1.165, 1.54) is 16.3 Å². The Morgan fingerprint density at radius 3 is 2.56 bits per heavy atom. The first-order chi connectivity index (χ1) is 11.9. The molecule has 0 saturated heterocycles. The Morgan fingerprint density at radius 1 is 1.16 bits per heavy atom. The van der Waals surface area contributed by atoms with Crippen LogP contribution in [0.5, 0.6) is 0 Å². The number of fused-ring (bicyclic) bond motifs is 1. The van der Waals surface area contributed by atoms with Crippen molar-refractivity contribution in [1.82, 2.24) is 9.55 Å². The predicted molar refractivity (Wildman–Crippen MR) is 102 cm³/mol. The Bertz CT molecular complexity index is 991. The van der Waals surface area contributed by atoms with Crippen LogP contribution in [0.1, 0.15) is 11.1 Å². The second-order valence-corrected chi connectivity index (χ2v) is 6.93. The van der Waals surface area contributed by atoms with Gasteiger partial charge in [0.25, 0.3) is 5.56 Å². The lowest BCUT2D eigenvalue weighted by atomic mass is 10.1. The van der Waals surface area contributed by atoms with Crippen molar-refractivity contribution in [2.75, 3.05) is 11.1 Å². The van der Waals surface area contributed by atoms with Gasteiger partial charge in [-0.3, -0.25) is 14.2 Å². The minimum atomic E-state index is -0.127. The second-order valence-electron chi connectivity index (χ2n) is 5.99. The second kappa shape index (κ2) is 7.11. The topological polar surface area (TPSA) is 64.0 Å². The van der Waals surface area contributed by atoms with Gasteiger partial charge in [0.1, 0.15) is 0 Å². The predicted octanol–water partition coefficient (Wildman–Crippen LogP) is 3.28. The van der Waals surface area contributed by atoms with Gasteiger partial charge >= 0.3 is 0 Å². The number of amides is 1. The number of rotatable bonds is 4. The normalized spacial score (nSPS) is 10.8. The molecule has 0 unspecified atom stereocenters. The van der Waals surface area contributed by atoms with Crippen LogP contribution in [0, 0.1) is 13.8 Å². The summed E-state index contributed by atoms with van der Waals surface area (Å²) in [5, 5.41) is 4.00. The molecule has 5 nitrogen and oxygen atoms in total. The summed E-state index contributed by atoms with van der Waals surface area (Å²) in [4.78, 5) is 29.1. The van der Waals surface area contributed by atoms with Gasteiger partial charge in [0.15, 0.2) is 5.16 Å². The van der Waals surface area contributed by atoms with E-state index < -0.39 is 0 Å². The molecule has 0 radical (unpaired) electrons. The molecule has 0 fully saturated rings. The largest absolute Gasteiger partial charge is 0.325 e. The molecular weight excluding hydrogens is 334 g/mol. The molecule has 3 rings (SSSR count). The molecule has 3 aromatic rings. The van der Waals surface area contributed by atoms with Crippen LogP contribution >= 0.6 is 11.8 Å².